The third kappa shape index (κ3) is 1.94. The number of hydroxylamine groups is 1. The zero-order valence-corrected chi connectivity index (χ0v) is 8.59. The molecule has 0 atom stereocenters. The summed E-state index contributed by atoms with van der Waals surface area (Å²) in [7, 11) is -1.20. The van der Waals surface area contributed by atoms with Crippen LogP contribution < -0.4 is 5.73 Å². The molecule has 0 bridgehead atoms. The zero-order valence-electron chi connectivity index (χ0n) is 6.96. The number of rotatable bonds is 3. The van der Waals surface area contributed by atoms with Crippen LogP contribution in [-0.2, 0) is 14.9 Å². The lowest BCUT2D eigenvalue weighted by Gasteiger charge is -2.10. The largest absolute Gasteiger partial charge is 0.374 e. The molecule has 0 aromatic carbocycles. The van der Waals surface area contributed by atoms with Crippen LogP contribution in [0.25, 0.3) is 0 Å². The zero-order chi connectivity index (χ0) is 10.1. The summed E-state index contributed by atoms with van der Waals surface area (Å²) in [4.78, 5) is 4.52. The molecule has 0 amide bonds. The van der Waals surface area contributed by atoms with Crippen molar-refractivity contribution in [3.63, 3.8) is 0 Å². The maximum atomic E-state index is 11.4. The van der Waals surface area contributed by atoms with Gasteiger partial charge in [0.15, 0.2) is 0 Å². The van der Waals surface area contributed by atoms with E-state index >= 15 is 0 Å². The van der Waals surface area contributed by atoms with Crippen LogP contribution in [-0.4, -0.2) is 37.2 Å². The molecule has 0 aliphatic heterocycles. The van der Waals surface area contributed by atoms with E-state index in [0.29, 0.717) is 4.47 Å². The number of aromatic nitrogens is 2. The van der Waals surface area contributed by atoms with Crippen molar-refractivity contribution in [2.75, 3.05) is 19.9 Å². The molecule has 1 aromatic rings. The molecule has 0 saturated heterocycles. The molecule has 1 rings (SSSR count). The Balaban J connectivity index is 3.08. The molecule has 0 saturated carbocycles. The Kier molecular flexibility index (Phi) is 2.81. The average molecular weight is 224 g/mol. The van der Waals surface area contributed by atoms with Gasteiger partial charge in [0.05, 0.1) is 7.11 Å². The smallest absolute Gasteiger partial charge is 0.293 e. The van der Waals surface area contributed by atoms with E-state index in [0.717, 1.165) is 11.3 Å². The van der Waals surface area contributed by atoms with E-state index in [1.54, 1.807) is 0 Å². The van der Waals surface area contributed by atoms with E-state index in [1.807, 2.05) is 0 Å². The molecular formula is C4H8N4O3S2. The van der Waals surface area contributed by atoms with Crippen LogP contribution in [0, 0.1) is 0 Å². The fourth-order valence-electron chi connectivity index (χ4n) is 0.533. The Bertz CT molecular complexity index is 386. The van der Waals surface area contributed by atoms with Crippen molar-refractivity contribution in [1.82, 2.24) is 14.7 Å². The molecule has 1 aromatic heterocycles. The van der Waals surface area contributed by atoms with E-state index in [1.165, 1.54) is 14.2 Å². The lowest BCUT2D eigenvalue weighted by Crippen LogP contribution is -2.25. The second-order valence-electron chi connectivity index (χ2n) is 2.00. The molecule has 7 nitrogen and oxygen atoms in total. The van der Waals surface area contributed by atoms with Crippen LogP contribution in [0.3, 0.4) is 0 Å². The van der Waals surface area contributed by atoms with Crippen molar-refractivity contribution in [3.05, 3.63) is 0 Å². The summed E-state index contributed by atoms with van der Waals surface area (Å²) in [5.41, 5.74) is 5.24. The predicted molar refractivity (Wildman–Crippen MR) is 46.3 cm³/mol. The number of hydrogen-bond donors (Lipinski definition) is 1. The molecule has 0 aliphatic carbocycles. The summed E-state index contributed by atoms with van der Waals surface area (Å²) in [5.74, 6) is 0. The van der Waals surface area contributed by atoms with E-state index in [9.17, 15) is 8.42 Å². The van der Waals surface area contributed by atoms with Crippen LogP contribution in [0.4, 0.5) is 5.13 Å². The molecule has 74 valence electrons. The Labute approximate surface area is 79.1 Å². The number of nitrogens with two attached hydrogens (primary N) is 1. The van der Waals surface area contributed by atoms with Crippen LogP contribution in [0.15, 0.2) is 4.34 Å². The van der Waals surface area contributed by atoms with Gasteiger partial charge >= 0.3 is 0 Å². The number of nitrogen functional groups attached to an aromatic ring is 1. The Morgan fingerprint density at radius 1 is 1.54 bits per heavy atom. The van der Waals surface area contributed by atoms with Crippen LogP contribution in [0.2, 0.25) is 0 Å². The highest BCUT2D eigenvalue weighted by Crippen LogP contribution is 2.19. The summed E-state index contributed by atoms with van der Waals surface area (Å²) in [6, 6.07) is 0. The second kappa shape index (κ2) is 3.54. The Morgan fingerprint density at radius 3 is 2.54 bits per heavy atom. The van der Waals surface area contributed by atoms with Crippen molar-refractivity contribution in [2.45, 2.75) is 4.34 Å². The molecule has 13 heavy (non-hydrogen) atoms. The first-order valence-corrected chi connectivity index (χ1v) is 5.36. The summed E-state index contributed by atoms with van der Waals surface area (Å²) < 4.78 is 23.4. The van der Waals surface area contributed by atoms with E-state index in [4.69, 9.17) is 5.73 Å². The Morgan fingerprint density at radius 2 is 2.15 bits per heavy atom. The normalized spacial score (nSPS) is 12.2. The molecule has 0 unspecified atom stereocenters. The Hall–Kier alpha value is -0.770. The predicted octanol–water partition coefficient (Wildman–Crippen LogP) is -0.698. The van der Waals surface area contributed by atoms with Crippen molar-refractivity contribution < 1.29 is 13.3 Å². The minimum absolute atomic E-state index is 0.100. The first-order valence-electron chi connectivity index (χ1n) is 3.10. The lowest BCUT2D eigenvalue weighted by molar-refractivity contribution is -0.0259. The van der Waals surface area contributed by atoms with Crippen LogP contribution >= 0.6 is 11.3 Å². The maximum Gasteiger partial charge on any atom is 0.293 e. The quantitative estimate of drug-likeness (QED) is 0.682. The molecule has 0 fully saturated rings. The molecule has 1 heterocycles. The fourth-order valence-corrected chi connectivity index (χ4v) is 2.43. The number of nitrogens with zero attached hydrogens (tertiary/aromatic N) is 3. The lowest BCUT2D eigenvalue weighted by atomic mass is 11.3. The second-order valence-corrected chi connectivity index (χ2v) is 5.12. The average Bonchev–Trinajstić information content (AvgIpc) is 2.50. The monoisotopic (exact) mass is 224 g/mol. The van der Waals surface area contributed by atoms with Gasteiger partial charge in [-0.2, -0.15) is 0 Å². The fraction of sp³-hybridized carbons (Fsp3) is 0.500. The van der Waals surface area contributed by atoms with Gasteiger partial charge in [0.25, 0.3) is 14.4 Å². The molecule has 0 radical (unpaired) electrons. The van der Waals surface area contributed by atoms with Gasteiger partial charge < -0.3 is 5.73 Å². The molecule has 2 N–H and O–H groups in total. The molecule has 0 spiro atoms. The standard InChI is InChI=1S/C4H8N4O3S2/c1-8(11-2)13(9,10)4-7-6-3(5)12-4/h1-2H3,(H2,5,6). The highest BCUT2D eigenvalue weighted by atomic mass is 32.2. The number of sulfonamides is 1. The first-order chi connectivity index (χ1) is 5.98. The van der Waals surface area contributed by atoms with E-state index < -0.39 is 10.0 Å². The van der Waals surface area contributed by atoms with Gasteiger partial charge in [-0.05, 0) is 0 Å². The van der Waals surface area contributed by atoms with Gasteiger partial charge in [-0.15, -0.1) is 10.2 Å². The van der Waals surface area contributed by atoms with Gasteiger partial charge in [0.2, 0.25) is 5.13 Å². The number of hydrogen-bond acceptors (Lipinski definition) is 7. The molecule has 0 aliphatic rings. The highest BCUT2D eigenvalue weighted by Gasteiger charge is 2.25. The van der Waals surface area contributed by atoms with Gasteiger partial charge in [-0.25, -0.2) is 8.42 Å². The van der Waals surface area contributed by atoms with Crippen molar-refractivity contribution >= 4 is 26.5 Å². The first kappa shape index (κ1) is 10.3. The summed E-state index contributed by atoms with van der Waals surface area (Å²) in [6.45, 7) is 0. The van der Waals surface area contributed by atoms with Crippen molar-refractivity contribution in [3.8, 4) is 0 Å². The summed E-state index contributed by atoms with van der Waals surface area (Å²) in [6.07, 6.45) is 0. The summed E-state index contributed by atoms with van der Waals surface area (Å²) in [5, 5.41) is 6.87. The van der Waals surface area contributed by atoms with Gasteiger partial charge in [-0.3, -0.25) is 4.84 Å². The maximum absolute atomic E-state index is 11.4. The van der Waals surface area contributed by atoms with Crippen molar-refractivity contribution in [1.29, 1.82) is 0 Å². The topological polar surface area (TPSA) is 98.4 Å². The highest BCUT2D eigenvalue weighted by molar-refractivity contribution is 7.91. The third-order valence-electron chi connectivity index (χ3n) is 1.24. The summed E-state index contributed by atoms with van der Waals surface area (Å²) >= 11 is 0.784. The van der Waals surface area contributed by atoms with Crippen LogP contribution in [0.5, 0.6) is 0 Å². The van der Waals surface area contributed by atoms with Gasteiger partial charge in [0.1, 0.15) is 0 Å². The van der Waals surface area contributed by atoms with Gasteiger partial charge in [0, 0.05) is 7.05 Å². The molecular weight excluding hydrogens is 216 g/mol. The minimum Gasteiger partial charge on any atom is -0.374 e. The molecule has 9 heteroatoms. The third-order valence-corrected chi connectivity index (χ3v) is 4.02. The van der Waals surface area contributed by atoms with Crippen LogP contribution in [0.1, 0.15) is 0 Å². The van der Waals surface area contributed by atoms with Crippen molar-refractivity contribution in [2.24, 2.45) is 0 Å². The van der Waals surface area contributed by atoms with E-state index in [2.05, 4.69) is 15.0 Å². The SMILES string of the molecule is CON(C)S(=O)(=O)c1nnc(N)s1. The van der Waals surface area contributed by atoms with Gasteiger partial charge in [-0.1, -0.05) is 15.8 Å². The van der Waals surface area contributed by atoms with E-state index in [-0.39, 0.29) is 9.47 Å². The minimum atomic E-state index is -3.69. The number of anilines is 1.